The summed E-state index contributed by atoms with van der Waals surface area (Å²) in [6.07, 6.45) is 5.34. The van der Waals surface area contributed by atoms with Gasteiger partial charge in [-0.2, -0.15) is 0 Å². The zero-order chi connectivity index (χ0) is 12.4. The van der Waals surface area contributed by atoms with Crippen LogP contribution in [0.1, 0.15) is 31.5 Å². The molecule has 0 aromatic carbocycles. The first-order chi connectivity index (χ1) is 8.13. The third-order valence-electron chi connectivity index (χ3n) is 2.64. The summed E-state index contributed by atoms with van der Waals surface area (Å²) in [6.45, 7) is 5.79. The van der Waals surface area contributed by atoms with Crippen molar-refractivity contribution in [1.29, 1.82) is 0 Å². The minimum absolute atomic E-state index is 0.212. The summed E-state index contributed by atoms with van der Waals surface area (Å²) < 4.78 is 1.67. The predicted octanol–water partition coefficient (Wildman–Crippen LogP) is 2.43. The molecule has 0 fully saturated rings. The molecule has 17 heavy (non-hydrogen) atoms. The normalized spacial score (nSPS) is 12.8. The van der Waals surface area contributed by atoms with E-state index in [1.54, 1.807) is 10.7 Å². The number of nitrogens with two attached hydrogens (primary N) is 1. The standard InChI is InChI=1S/C11H14ClN5/c1-3-4-5-7(2)10-15-9(12)8-6-14-11(13)16-17(8)10/h3,6-7H,1,4-5H2,2H3,(H2,13,16). The van der Waals surface area contributed by atoms with Gasteiger partial charge in [0.1, 0.15) is 11.3 Å². The van der Waals surface area contributed by atoms with E-state index in [1.807, 2.05) is 6.08 Å². The first-order valence-corrected chi connectivity index (χ1v) is 5.78. The molecule has 0 saturated heterocycles. The van der Waals surface area contributed by atoms with Crippen molar-refractivity contribution in [1.82, 2.24) is 19.6 Å². The highest BCUT2D eigenvalue weighted by molar-refractivity contribution is 6.32. The maximum absolute atomic E-state index is 6.04. The lowest BCUT2D eigenvalue weighted by atomic mass is 10.1. The van der Waals surface area contributed by atoms with Crippen molar-refractivity contribution in [2.45, 2.75) is 25.7 Å². The van der Waals surface area contributed by atoms with Crippen LogP contribution in [0.25, 0.3) is 5.52 Å². The summed E-state index contributed by atoms with van der Waals surface area (Å²) in [5, 5.41) is 4.54. The van der Waals surface area contributed by atoms with E-state index in [4.69, 9.17) is 17.3 Å². The second-order valence-corrected chi connectivity index (χ2v) is 4.30. The van der Waals surface area contributed by atoms with Gasteiger partial charge in [-0.1, -0.05) is 24.6 Å². The summed E-state index contributed by atoms with van der Waals surface area (Å²) in [5.41, 5.74) is 6.25. The molecule has 0 radical (unpaired) electrons. The van der Waals surface area contributed by atoms with Gasteiger partial charge in [0.05, 0.1) is 6.20 Å². The molecule has 0 spiro atoms. The van der Waals surface area contributed by atoms with Crippen molar-refractivity contribution in [3.8, 4) is 0 Å². The SMILES string of the molecule is C=CCCC(C)c1nc(Cl)c2cnc(N)nn12. The molecule has 2 aromatic heterocycles. The van der Waals surface area contributed by atoms with Crippen LogP contribution in [0.3, 0.4) is 0 Å². The quantitative estimate of drug-likeness (QED) is 0.848. The van der Waals surface area contributed by atoms with E-state index in [9.17, 15) is 0 Å². The van der Waals surface area contributed by atoms with Crippen molar-refractivity contribution in [3.63, 3.8) is 0 Å². The zero-order valence-electron chi connectivity index (χ0n) is 9.60. The van der Waals surface area contributed by atoms with E-state index in [0.717, 1.165) is 18.7 Å². The van der Waals surface area contributed by atoms with E-state index >= 15 is 0 Å². The number of fused-ring (bicyclic) bond motifs is 1. The number of hydrogen-bond donors (Lipinski definition) is 1. The van der Waals surface area contributed by atoms with Crippen LogP contribution in [0.4, 0.5) is 5.95 Å². The fourth-order valence-electron chi connectivity index (χ4n) is 1.70. The Kier molecular flexibility index (Phi) is 3.28. The number of nitrogen functional groups attached to an aromatic ring is 1. The van der Waals surface area contributed by atoms with Gasteiger partial charge in [0.25, 0.3) is 0 Å². The van der Waals surface area contributed by atoms with Crippen molar-refractivity contribution in [3.05, 3.63) is 29.8 Å². The van der Waals surface area contributed by atoms with Crippen LogP contribution in [0.2, 0.25) is 5.15 Å². The highest BCUT2D eigenvalue weighted by Crippen LogP contribution is 2.25. The molecule has 0 bridgehead atoms. The van der Waals surface area contributed by atoms with E-state index < -0.39 is 0 Å². The smallest absolute Gasteiger partial charge is 0.238 e. The molecule has 2 N–H and O–H groups in total. The van der Waals surface area contributed by atoms with Crippen molar-refractivity contribution in [2.24, 2.45) is 0 Å². The molecule has 0 saturated carbocycles. The largest absolute Gasteiger partial charge is 0.367 e. The number of hydrogen-bond acceptors (Lipinski definition) is 4. The number of anilines is 1. The maximum atomic E-state index is 6.04. The third-order valence-corrected chi connectivity index (χ3v) is 2.91. The van der Waals surface area contributed by atoms with Gasteiger partial charge in [0, 0.05) is 5.92 Å². The van der Waals surface area contributed by atoms with Crippen LogP contribution in [0.15, 0.2) is 18.9 Å². The Bertz CT molecular complexity index is 548. The van der Waals surface area contributed by atoms with Gasteiger partial charge in [0.15, 0.2) is 5.15 Å². The number of nitrogens with zero attached hydrogens (tertiary/aromatic N) is 4. The van der Waals surface area contributed by atoms with Crippen molar-refractivity contribution in [2.75, 3.05) is 5.73 Å². The third kappa shape index (κ3) is 2.24. The predicted molar refractivity (Wildman–Crippen MR) is 68.1 cm³/mol. The molecular weight excluding hydrogens is 238 g/mol. The number of halogens is 1. The van der Waals surface area contributed by atoms with E-state index in [1.165, 1.54) is 0 Å². The van der Waals surface area contributed by atoms with Crippen molar-refractivity contribution < 1.29 is 0 Å². The number of imidazole rings is 1. The Hall–Kier alpha value is -1.62. The topological polar surface area (TPSA) is 69.1 Å². The second kappa shape index (κ2) is 4.71. The Morgan fingerprint density at radius 3 is 3.12 bits per heavy atom. The molecule has 90 valence electrons. The van der Waals surface area contributed by atoms with Crippen LogP contribution < -0.4 is 5.73 Å². The summed E-state index contributed by atoms with van der Waals surface area (Å²) in [6, 6.07) is 0. The number of rotatable bonds is 4. The van der Waals surface area contributed by atoms with Crippen molar-refractivity contribution >= 4 is 23.1 Å². The lowest BCUT2D eigenvalue weighted by Gasteiger charge is -2.07. The highest BCUT2D eigenvalue weighted by Gasteiger charge is 2.16. The van der Waals surface area contributed by atoms with Crippen LogP contribution in [0.5, 0.6) is 0 Å². The maximum Gasteiger partial charge on any atom is 0.238 e. The van der Waals surface area contributed by atoms with Crippen LogP contribution >= 0.6 is 11.6 Å². The molecule has 0 aliphatic carbocycles. The first-order valence-electron chi connectivity index (χ1n) is 5.41. The zero-order valence-corrected chi connectivity index (χ0v) is 10.4. The summed E-state index contributed by atoms with van der Waals surface area (Å²) in [4.78, 5) is 8.23. The molecule has 0 amide bonds. The van der Waals surface area contributed by atoms with Gasteiger partial charge in [-0.25, -0.2) is 14.5 Å². The Balaban J connectivity index is 2.46. The van der Waals surface area contributed by atoms with Gasteiger partial charge < -0.3 is 5.73 Å². The van der Waals surface area contributed by atoms with E-state index in [-0.39, 0.29) is 11.9 Å². The molecule has 1 atom stereocenters. The Morgan fingerprint density at radius 1 is 1.65 bits per heavy atom. The summed E-state index contributed by atoms with van der Waals surface area (Å²) in [5.74, 6) is 1.26. The van der Waals surface area contributed by atoms with E-state index in [0.29, 0.717) is 10.7 Å². The van der Waals surface area contributed by atoms with Gasteiger partial charge in [-0.05, 0) is 12.8 Å². The molecule has 2 heterocycles. The molecule has 2 rings (SSSR count). The molecular formula is C11H14ClN5. The fourth-order valence-corrected chi connectivity index (χ4v) is 1.92. The van der Waals surface area contributed by atoms with Gasteiger partial charge in [-0.15, -0.1) is 11.7 Å². The van der Waals surface area contributed by atoms with Gasteiger partial charge in [-0.3, -0.25) is 0 Å². The van der Waals surface area contributed by atoms with E-state index in [2.05, 4.69) is 28.6 Å². The molecule has 5 nitrogen and oxygen atoms in total. The monoisotopic (exact) mass is 251 g/mol. The van der Waals surface area contributed by atoms with Crippen LogP contribution in [-0.4, -0.2) is 19.6 Å². The lowest BCUT2D eigenvalue weighted by molar-refractivity contribution is 0.626. The molecule has 0 aliphatic rings. The fraction of sp³-hybridized carbons (Fsp3) is 0.364. The minimum atomic E-state index is 0.212. The minimum Gasteiger partial charge on any atom is -0.367 e. The first kappa shape index (κ1) is 11.9. The number of aromatic nitrogens is 4. The number of allylic oxidation sites excluding steroid dienone is 1. The Labute approximate surface area is 104 Å². The molecule has 0 aliphatic heterocycles. The highest BCUT2D eigenvalue weighted by atomic mass is 35.5. The van der Waals surface area contributed by atoms with Gasteiger partial charge in [0.2, 0.25) is 5.95 Å². The molecule has 1 unspecified atom stereocenters. The average Bonchev–Trinajstić information content (AvgIpc) is 2.63. The van der Waals surface area contributed by atoms with Crippen LogP contribution in [0, 0.1) is 0 Å². The molecule has 2 aromatic rings. The summed E-state index contributed by atoms with van der Waals surface area (Å²) >= 11 is 6.04. The summed E-state index contributed by atoms with van der Waals surface area (Å²) in [7, 11) is 0. The average molecular weight is 252 g/mol. The van der Waals surface area contributed by atoms with Crippen LogP contribution in [-0.2, 0) is 0 Å². The molecule has 6 heteroatoms. The lowest BCUT2D eigenvalue weighted by Crippen LogP contribution is -2.06. The van der Waals surface area contributed by atoms with Gasteiger partial charge >= 0.3 is 0 Å². The Morgan fingerprint density at radius 2 is 2.41 bits per heavy atom. The second-order valence-electron chi connectivity index (χ2n) is 3.94.